The van der Waals surface area contributed by atoms with Crippen molar-refractivity contribution >= 4 is 46.8 Å². The number of amides is 2. The molecule has 4 nitrogen and oxygen atoms in total. The number of rotatable bonds is 11. The highest BCUT2D eigenvalue weighted by atomic mass is 35.5. The molecule has 0 spiro atoms. The summed E-state index contributed by atoms with van der Waals surface area (Å²) < 4.78 is 0. The Morgan fingerprint density at radius 2 is 1.77 bits per heavy atom. The van der Waals surface area contributed by atoms with Crippen LogP contribution < -0.4 is 5.32 Å². The number of thioether (sulfide) groups is 1. The van der Waals surface area contributed by atoms with Crippen molar-refractivity contribution in [1.82, 2.24) is 10.2 Å². The molecule has 2 aromatic rings. The van der Waals surface area contributed by atoms with E-state index in [0.29, 0.717) is 35.3 Å². The Balaban J connectivity index is 2.14. The van der Waals surface area contributed by atoms with E-state index < -0.39 is 6.04 Å². The Kier molecular flexibility index (Phi) is 10.6. The van der Waals surface area contributed by atoms with Gasteiger partial charge in [-0.25, -0.2) is 0 Å². The first-order valence-electron chi connectivity index (χ1n) is 10.1. The van der Waals surface area contributed by atoms with Gasteiger partial charge in [0.2, 0.25) is 11.8 Å². The van der Waals surface area contributed by atoms with Crippen LogP contribution in [0.3, 0.4) is 0 Å². The zero-order valence-electron chi connectivity index (χ0n) is 17.4. The van der Waals surface area contributed by atoms with Gasteiger partial charge in [-0.15, -0.1) is 11.8 Å². The molecule has 0 bridgehead atoms. The highest BCUT2D eigenvalue weighted by Gasteiger charge is 2.28. The number of halogens is 2. The third-order valence-electron chi connectivity index (χ3n) is 4.61. The second-order valence-electron chi connectivity index (χ2n) is 6.96. The van der Waals surface area contributed by atoms with E-state index in [1.165, 1.54) is 5.56 Å². The molecule has 30 heavy (non-hydrogen) atoms. The molecule has 0 aliphatic heterocycles. The van der Waals surface area contributed by atoms with E-state index in [2.05, 4.69) is 5.32 Å². The molecule has 162 valence electrons. The average molecular weight is 467 g/mol. The van der Waals surface area contributed by atoms with Crippen molar-refractivity contribution < 1.29 is 9.59 Å². The summed E-state index contributed by atoms with van der Waals surface area (Å²) in [7, 11) is 0. The molecular formula is C23H28Cl2N2O2S. The van der Waals surface area contributed by atoms with E-state index in [1.54, 1.807) is 28.8 Å². The van der Waals surface area contributed by atoms with E-state index in [1.807, 2.05) is 50.2 Å². The van der Waals surface area contributed by atoms with Crippen molar-refractivity contribution in [3.05, 3.63) is 69.7 Å². The minimum Gasteiger partial charge on any atom is -0.354 e. The fourth-order valence-electron chi connectivity index (χ4n) is 3.03. The number of carbonyl (C=O) groups is 2. The van der Waals surface area contributed by atoms with Gasteiger partial charge in [0.05, 0.1) is 15.8 Å². The lowest BCUT2D eigenvalue weighted by Crippen LogP contribution is -2.49. The molecule has 1 N–H and O–H groups in total. The van der Waals surface area contributed by atoms with Crippen LogP contribution in [0.2, 0.25) is 10.0 Å². The van der Waals surface area contributed by atoms with Crippen LogP contribution in [0.5, 0.6) is 0 Å². The molecule has 1 atom stereocenters. The maximum atomic E-state index is 13.1. The van der Waals surface area contributed by atoms with E-state index in [9.17, 15) is 9.59 Å². The number of hydrogen-bond acceptors (Lipinski definition) is 3. The first-order chi connectivity index (χ1) is 14.5. The van der Waals surface area contributed by atoms with E-state index in [-0.39, 0.29) is 11.8 Å². The lowest BCUT2D eigenvalue weighted by molar-refractivity contribution is -0.139. The van der Waals surface area contributed by atoms with Gasteiger partial charge in [-0.05, 0) is 36.1 Å². The first-order valence-corrected chi connectivity index (χ1v) is 12.0. The first kappa shape index (κ1) is 24.6. The lowest BCUT2D eigenvalue weighted by atomic mass is 10.1. The molecule has 0 aliphatic rings. The van der Waals surface area contributed by atoms with Crippen molar-refractivity contribution in [1.29, 1.82) is 0 Å². The van der Waals surface area contributed by atoms with Crippen molar-refractivity contribution in [3.63, 3.8) is 0 Å². The molecule has 0 fully saturated rings. The Hall–Kier alpha value is -1.69. The van der Waals surface area contributed by atoms with Gasteiger partial charge < -0.3 is 10.2 Å². The highest BCUT2D eigenvalue weighted by Crippen LogP contribution is 2.24. The normalized spacial score (nSPS) is 11.7. The van der Waals surface area contributed by atoms with Crippen molar-refractivity contribution in [3.8, 4) is 0 Å². The lowest BCUT2D eigenvalue weighted by Gasteiger charge is -2.30. The fraction of sp³-hybridized carbons (Fsp3) is 0.391. The summed E-state index contributed by atoms with van der Waals surface area (Å²) >= 11 is 13.7. The quantitative estimate of drug-likeness (QED) is 0.471. The Morgan fingerprint density at radius 1 is 1.03 bits per heavy atom. The van der Waals surface area contributed by atoms with Crippen molar-refractivity contribution in [2.45, 2.75) is 45.0 Å². The third-order valence-corrected chi connectivity index (χ3v) is 6.34. The number of benzene rings is 2. The van der Waals surface area contributed by atoms with Gasteiger partial charge >= 0.3 is 0 Å². The summed E-state index contributed by atoms with van der Waals surface area (Å²) in [5, 5.41) is 3.82. The zero-order chi connectivity index (χ0) is 21.9. The molecule has 1 unspecified atom stereocenters. The number of nitrogens with one attached hydrogen (secondary N) is 1. The molecule has 0 radical (unpaired) electrons. The van der Waals surface area contributed by atoms with Gasteiger partial charge in [0, 0.05) is 18.8 Å². The molecule has 0 aromatic heterocycles. The standard InChI is InChI=1S/C23H28Cl2N2O2S/c1-3-12-26-23(29)21(4-2)27(14-18-10-11-19(24)20(25)13-18)22(28)16-30-15-17-8-6-5-7-9-17/h5-11,13,21H,3-4,12,14-16H2,1-2H3,(H,26,29). The second kappa shape index (κ2) is 12.9. The average Bonchev–Trinajstić information content (AvgIpc) is 2.75. The third kappa shape index (κ3) is 7.53. The molecule has 2 rings (SSSR count). The minimum atomic E-state index is -0.532. The summed E-state index contributed by atoms with van der Waals surface area (Å²) in [5.41, 5.74) is 2.01. The van der Waals surface area contributed by atoms with Crippen LogP contribution >= 0.6 is 35.0 Å². The summed E-state index contributed by atoms with van der Waals surface area (Å²) in [4.78, 5) is 27.5. The van der Waals surface area contributed by atoms with Gasteiger partial charge in [-0.1, -0.05) is 73.4 Å². The predicted molar refractivity (Wildman–Crippen MR) is 127 cm³/mol. The molecule has 2 amide bonds. The van der Waals surface area contributed by atoms with Crippen molar-refractivity contribution in [2.75, 3.05) is 12.3 Å². The van der Waals surface area contributed by atoms with E-state index >= 15 is 0 Å². The predicted octanol–water partition coefficient (Wildman–Crippen LogP) is 5.56. The molecular weight excluding hydrogens is 439 g/mol. The molecule has 7 heteroatoms. The smallest absolute Gasteiger partial charge is 0.242 e. The van der Waals surface area contributed by atoms with Gasteiger partial charge in [0.1, 0.15) is 6.04 Å². The number of carbonyl (C=O) groups excluding carboxylic acids is 2. The van der Waals surface area contributed by atoms with Crippen molar-refractivity contribution in [2.24, 2.45) is 0 Å². The molecule has 0 saturated carbocycles. The van der Waals surface area contributed by atoms with Gasteiger partial charge in [-0.2, -0.15) is 0 Å². The largest absolute Gasteiger partial charge is 0.354 e. The van der Waals surface area contributed by atoms with Crippen LogP contribution in [0.1, 0.15) is 37.8 Å². The van der Waals surface area contributed by atoms with Crippen LogP contribution in [0.15, 0.2) is 48.5 Å². The number of hydrogen-bond donors (Lipinski definition) is 1. The maximum absolute atomic E-state index is 13.1. The van der Waals surface area contributed by atoms with Crippen LogP contribution in [0.25, 0.3) is 0 Å². The van der Waals surface area contributed by atoms with Gasteiger partial charge in [-0.3, -0.25) is 9.59 Å². The monoisotopic (exact) mass is 466 g/mol. The summed E-state index contributed by atoms with van der Waals surface area (Å²) in [5.74, 6) is 0.848. The van der Waals surface area contributed by atoms with Crippen LogP contribution in [-0.4, -0.2) is 35.1 Å². The molecule has 0 aliphatic carbocycles. The fourth-order valence-corrected chi connectivity index (χ4v) is 4.22. The molecule has 0 heterocycles. The Morgan fingerprint density at radius 3 is 2.40 bits per heavy atom. The van der Waals surface area contributed by atoms with Crippen LogP contribution in [0.4, 0.5) is 0 Å². The molecule has 0 saturated heterocycles. The Labute approximate surface area is 193 Å². The van der Waals surface area contributed by atoms with E-state index in [0.717, 1.165) is 17.7 Å². The number of nitrogens with zero attached hydrogens (tertiary/aromatic N) is 1. The summed E-state index contributed by atoms with van der Waals surface area (Å²) in [6.07, 6.45) is 1.38. The second-order valence-corrected chi connectivity index (χ2v) is 8.76. The van der Waals surface area contributed by atoms with Crippen LogP contribution in [0, 0.1) is 0 Å². The van der Waals surface area contributed by atoms with Gasteiger partial charge in [0.25, 0.3) is 0 Å². The summed E-state index contributed by atoms with van der Waals surface area (Å²) in [6, 6.07) is 14.8. The Bertz CT molecular complexity index is 833. The van der Waals surface area contributed by atoms with Gasteiger partial charge in [0.15, 0.2) is 0 Å². The maximum Gasteiger partial charge on any atom is 0.242 e. The van der Waals surface area contributed by atoms with E-state index in [4.69, 9.17) is 23.2 Å². The SMILES string of the molecule is CCCNC(=O)C(CC)N(Cc1ccc(Cl)c(Cl)c1)C(=O)CSCc1ccccc1. The molecule has 2 aromatic carbocycles. The minimum absolute atomic E-state index is 0.0690. The zero-order valence-corrected chi connectivity index (χ0v) is 19.7. The topological polar surface area (TPSA) is 49.4 Å². The van der Waals surface area contributed by atoms with Crippen LogP contribution in [-0.2, 0) is 21.9 Å². The highest BCUT2D eigenvalue weighted by molar-refractivity contribution is 7.99. The summed E-state index contributed by atoms with van der Waals surface area (Å²) in [6.45, 7) is 4.81.